The van der Waals surface area contributed by atoms with Crippen LogP contribution in [0.4, 0.5) is 0 Å². The van der Waals surface area contributed by atoms with Crippen molar-refractivity contribution in [2.24, 2.45) is 11.8 Å². The Labute approximate surface area is 200 Å². The normalized spacial score (nSPS) is 33.4. The Morgan fingerprint density at radius 1 is 1.15 bits per heavy atom. The second kappa shape index (κ2) is 10.9. The molecule has 10 heteroatoms. The maximum Gasteiger partial charge on any atom is 0.244 e. The van der Waals surface area contributed by atoms with Gasteiger partial charge in [-0.3, -0.25) is 19.3 Å². The fraction of sp³-hybridized carbons (Fsp3) is 0.870. The number of likely N-dealkylation sites (tertiary alicyclic amines) is 1. The lowest BCUT2D eigenvalue weighted by molar-refractivity contribution is -0.140. The summed E-state index contributed by atoms with van der Waals surface area (Å²) in [4.78, 5) is 44.0. The van der Waals surface area contributed by atoms with E-state index >= 15 is 0 Å². The number of hydrogen-bond acceptors (Lipinski definition) is 7. The molecule has 0 aromatic heterocycles. The molecule has 9 nitrogen and oxygen atoms in total. The largest absolute Gasteiger partial charge is 0.396 e. The summed E-state index contributed by atoms with van der Waals surface area (Å²) in [7, 11) is 1.62. The van der Waals surface area contributed by atoms with Crippen molar-refractivity contribution in [1.82, 2.24) is 20.4 Å². The third-order valence-electron chi connectivity index (χ3n) is 7.74. The van der Waals surface area contributed by atoms with E-state index in [1.807, 2.05) is 0 Å². The highest BCUT2D eigenvalue weighted by Crippen LogP contribution is 2.66. The number of thioether (sulfide) groups is 1. The van der Waals surface area contributed by atoms with Crippen molar-refractivity contribution in [3.05, 3.63) is 0 Å². The van der Waals surface area contributed by atoms with Crippen LogP contribution in [0.15, 0.2) is 0 Å². The number of nitrogens with one attached hydrogen (secondary N) is 2. The highest BCUT2D eigenvalue weighted by atomic mass is 32.2. The number of carbonyl (C=O) groups excluding carboxylic acids is 3. The number of aliphatic hydroxyl groups is 1. The standard InChI is InChI=1S/C23H38N4O5S/c1-24-20(29)17-16-6-7-23(33-16)18(17)22(31)27(9-4-2-3-5-13-28)19(23)21(30)25-8-10-26-11-14-32-15-12-26/h16-19,28H,2-15H2,1H3,(H,24,29)(H,25,30)/t16-,17+,18+,19?,23?/m1/s1. The van der Waals surface area contributed by atoms with Crippen LogP contribution in [0.2, 0.25) is 0 Å². The van der Waals surface area contributed by atoms with Crippen molar-refractivity contribution < 1.29 is 24.2 Å². The number of hydrogen-bond donors (Lipinski definition) is 3. The van der Waals surface area contributed by atoms with Gasteiger partial charge in [-0.05, 0) is 25.7 Å². The number of carbonyl (C=O) groups is 3. The Bertz CT molecular complexity index is 734. The lowest BCUT2D eigenvalue weighted by atomic mass is 9.71. The zero-order valence-electron chi connectivity index (χ0n) is 19.6. The van der Waals surface area contributed by atoms with Gasteiger partial charge in [0.25, 0.3) is 0 Å². The summed E-state index contributed by atoms with van der Waals surface area (Å²) in [6.07, 6.45) is 5.03. The maximum atomic E-state index is 13.6. The molecule has 4 rings (SSSR count). The van der Waals surface area contributed by atoms with Crippen LogP contribution in [0, 0.1) is 11.8 Å². The van der Waals surface area contributed by atoms with Crippen LogP contribution >= 0.6 is 11.8 Å². The first-order valence-electron chi connectivity index (χ1n) is 12.4. The molecule has 0 aliphatic carbocycles. The average Bonchev–Trinajstić information content (AvgIpc) is 3.46. The molecule has 3 amide bonds. The van der Waals surface area contributed by atoms with E-state index in [9.17, 15) is 14.4 Å². The van der Waals surface area contributed by atoms with Crippen molar-refractivity contribution in [3.63, 3.8) is 0 Å². The molecule has 2 unspecified atom stereocenters. The summed E-state index contributed by atoms with van der Waals surface area (Å²) in [6, 6.07) is -0.526. The fourth-order valence-electron chi connectivity index (χ4n) is 6.17. The SMILES string of the molecule is CNC(=O)[C@@H]1[C@H]2C(=O)N(CCCCCCO)C(C(=O)NCCN3CCOCC3)C23CC[C@H]1S3. The molecule has 4 saturated heterocycles. The fourth-order valence-corrected chi connectivity index (χ4v) is 8.39. The minimum atomic E-state index is -0.526. The molecule has 4 aliphatic rings. The van der Waals surface area contributed by atoms with E-state index in [4.69, 9.17) is 9.84 Å². The summed E-state index contributed by atoms with van der Waals surface area (Å²) in [5.41, 5.74) is 0. The quantitative estimate of drug-likeness (QED) is 0.351. The lowest BCUT2D eigenvalue weighted by Crippen LogP contribution is -2.54. The van der Waals surface area contributed by atoms with Gasteiger partial charge in [0, 0.05) is 51.6 Å². The molecule has 0 saturated carbocycles. The summed E-state index contributed by atoms with van der Waals surface area (Å²) in [5.74, 6) is -0.976. The molecular weight excluding hydrogens is 444 g/mol. The lowest BCUT2D eigenvalue weighted by Gasteiger charge is -2.34. The van der Waals surface area contributed by atoms with Gasteiger partial charge >= 0.3 is 0 Å². The van der Waals surface area contributed by atoms with Gasteiger partial charge in [0.05, 0.1) is 29.8 Å². The number of rotatable bonds is 11. The summed E-state index contributed by atoms with van der Waals surface area (Å²) in [5, 5.41) is 15.0. The van der Waals surface area contributed by atoms with Crippen molar-refractivity contribution in [2.45, 2.75) is 54.6 Å². The molecule has 33 heavy (non-hydrogen) atoms. The predicted molar refractivity (Wildman–Crippen MR) is 126 cm³/mol. The molecule has 4 heterocycles. The van der Waals surface area contributed by atoms with Crippen LogP contribution in [-0.4, -0.2) is 108 Å². The van der Waals surface area contributed by atoms with Crippen molar-refractivity contribution in [1.29, 1.82) is 0 Å². The van der Waals surface area contributed by atoms with E-state index in [0.717, 1.165) is 71.4 Å². The van der Waals surface area contributed by atoms with Crippen LogP contribution in [-0.2, 0) is 19.1 Å². The monoisotopic (exact) mass is 482 g/mol. The summed E-state index contributed by atoms with van der Waals surface area (Å²) in [6.45, 7) is 5.19. The molecule has 186 valence electrons. The molecule has 3 N–H and O–H groups in total. The average molecular weight is 483 g/mol. The molecule has 4 aliphatic heterocycles. The second-order valence-corrected chi connectivity index (χ2v) is 11.2. The Morgan fingerprint density at radius 2 is 1.91 bits per heavy atom. The van der Waals surface area contributed by atoms with Crippen LogP contribution in [0.25, 0.3) is 0 Å². The Hall–Kier alpha value is -1.36. The van der Waals surface area contributed by atoms with Crippen molar-refractivity contribution in [3.8, 4) is 0 Å². The van der Waals surface area contributed by atoms with E-state index in [-0.39, 0.29) is 35.5 Å². The predicted octanol–water partition coefficient (Wildman–Crippen LogP) is -0.175. The molecule has 2 bridgehead atoms. The van der Waals surface area contributed by atoms with Gasteiger partial charge in [-0.15, -0.1) is 11.8 Å². The third-order valence-corrected chi connectivity index (χ3v) is 9.69. The molecule has 1 spiro atoms. The van der Waals surface area contributed by atoms with E-state index in [1.54, 1.807) is 23.7 Å². The second-order valence-electron chi connectivity index (χ2n) is 9.58. The highest BCUT2D eigenvalue weighted by Gasteiger charge is 2.73. The first-order chi connectivity index (χ1) is 16.0. The molecule has 4 fully saturated rings. The smallest absolute Gasteiger partial charge is 0.244 e. The van der Waals surface area contributed by atoms with Crippen molar-refractivity contribution in [2.75, 3.05) is 59.6 Å². The third kappa shape index (κ3) is 4.76. The van der Waals surface area contributed by atoms with Gasteiger partial charge in [-0.25, -0.2) is 0 Å². The van der Waals surface area contributed by atoms with Gasteiger partial charge in [0.15, 0.2) is 0 Å². The molecule has 0 radical (unpaired) electrons. The zero-order valence-corrected chi connectivity index (χ0v) is 20.4. The zero-order chi connectivity index (χ0) is 23.4. The van der Waals surface area contributed by atoms with Crippen LogP contribution in [0.5, 0.6) is 0 Å². The van der Waals surface area contributed by atoms with Gasteiger partial charge in [0.2, 0.25) is 17.7 Å². The minimum Gasteiger partial charge on any atom is -0.396 e. The van der Waals surface area contributed by atoms with Crippen LogP contribution in [0.1, 0.15) is 38.5 Å². The van der Waals surface area contributed by atoms with E-state index in [0.29, 0.717) is 13.1 Å². The van der Waals surface area contributed by atoms with E-state index in [2.05, 4.69) is 15.5 Å². The van der Waals surface area contributed by atoms with E-state index < -0.39 is 16.7 Å². The minimum absolute atomic E-state index is 0.0335. The summed E-state index contributed by atoms with van der Waals surface area (Å²) >= 11 is 1.71. The number of morpholine rings is 1. The number of fused-ring (bicyclic) bond motifs is 1. The highest BCUT2D eigenvalue weighted by molar-refractivity contribution is 8.02. The van der Waals surface area contributed by atoms with Crippen LogP contribution < -0.4 is 10.6 Å². The van der Waals surface area contributed by atoms with Crippen molar-refractivity contribution >= 4 is 29.5 Å². The Morgan fingerprint density at radius 3 is 2.64 bits per heavy atom. The molecule has 0 aromatic carbocycles. The first kappa shape index (κ1) is 24.8. The molecule has 5 atom stereocenters. The topological polar surface area (TPSA) is 111 Å². The van der Waals surface area contributed by atoms with Gasteiger partial charge in [0.1, 0.15) is 6.04 Å². The number of amides is 3. The molecular formula is C23H38N4O5S. The summed E-state index contributed by atoms with van der Waals surface area (Å²) < 4.78 is 4.89. The number of ether oxygens (including phenoxy) is 1. The number of aliphatic hydroxyl groups excluding tert-OH is 1. The van der Waals surface area contributed by atoms with E-state index in [1.165, 1.54) is 0 Å². The van der Waals surface area contributed by atoms with Gasteiger partial charge in [-0.2, -0.15) is 0 Å². The maximum absolute atomic E-state index is 13.6. The van der Waals surface area contributed by atoms with Gasteiger partial charge in [-0.1, -0.05) is 12.8 Å². The Balaban J connectivity index is 1.47. The Kier molecular flexibility index (Phi) is 8.19. The molecule has 0 aromatic rings. The number of unbranched alkanes of at least 4 members (excludes halogenated alkanes) is 3. The number of nitrogens with zero attached hydrogens (tertiary/aromatic N) is 2. The van der Waals surface area contributed by atoms with Gasteiger partial charge < -0.3 is 25.4 Å². The first-order valence-corrected chi connectivity index (χ1v) is 13.3. The van der Waals surface area contributed by atoms with Crippen LogP contribution in [0.3, 0.4) is 0 Å².